The summed E-state index contributed by atoms with van der Waals surface area (Å²) >= 11 is 0. The molecule has 4 rings (SSSR count). The number of aromatic nitrogens is 3. The van der Waals surface area contributed by atoms with E-state index in [0.29, 0.717) is 49.7 Å². The van der Waals surface area contributed by atoms with Gasteiger partial charge in [-0.05, 0) is 61.7 Å². The fraction of sp³-hybridized carbons (Fsp3) is 0.394. The number of carbonyl (C=O) groups excluding carboxylic acids is 2. The van der Waals surface area contributed by atoms with Crippen LogP contribution in [0.15, 0.2) is 42.6 Å². The number of H-pyrrole nitrogens is 2. The van der Waals surface area contributed by atoms with Crippen LogP contribution in [0, 0.1) is 12.7 Å². The lowest BCUT2D eigenvalue weighted by atomic mass is 10.0. The van der Waals surface area contributed by atoms with Gasteiger partial charge in [-0.1, -0.05) is 19.8 Å². The summed E-state index contributed by atoms with van der Waals surface area (Å²) in [5.41, 5.74) is 1.34. The van der Waals surface area contributed by atoms with Gasteiger partial charge in [0.1, 0.15) is 23.2 Å². The van der Waals surface area contributed by atoms with E-state index in [1.807, 2.05) is 32.0 Å². The first-order chi connectivity index (χ1) is 22.9. The first-order valence-electron chi connectivity index (χ1n) is 15.1. The van der Waals surface area contributed by atoms with E-state index in [1.54, 1.807) is 7.11 Å². The number of Topliss-reactive ketones (excluding diaryl/α,β-unsaturated/α-hetero) is 1. The minimum absolute atomic E-state index is 0.0658. The number of halogens is 7. The fourth-order valence-electron chi connectivity index (χ4n) is 4.98. The van der Waals surface area contributed by atoms with Crippen molar-refractivity contribution in [2.75, 3.05) is 7.11 Å². The molecule has 0 unspecified atom stereocenters. The van der Waals surface area contributed by atoms with Crippen LogP contribution in [0.3, 0.4) is 0 Å². The maximum absolute atomic E-state index is 14.6. The number of aryl methyl sites for hydroxylation is 1. The zero-order valence-corrected chi connectivity index (χ0v) is 26.7. The lowest BCUT2D eigenvalue weighted by molar-refractivity contribution is -0.192. The fourth-order valence-corrected chi connectivity index (χ4v) is 4.98. The molecule has 2 heterocycles. The van der Waals surface area contributed by atoms with Crippen molar-refractivity contribution in [1.82, 2.24) is 20.3 Å². The lowest BCUT2D eigenvalue weighted by Crippen LogP contribution is -2.30. The van der Waals surface area contributed by atoms with Gasteiger partial charge >= 0.3 is 18.3 Å². The number of ether oxygens (including phenoxy) is 1. The summed E-state index contributed by atoms with van der Waals surface area (Å²) in [5.74, 6) is -2.72. The van der Waals surface area contributed by atoms with Gasteiger partial charge in [0, 0.05) is 35.0 Å². The summed E-state index contributed by atoms with van der Waals surface area (Å²) in [6.45, 7) is 3.70. The van der Waals surface area contributed by atoms with E-state index < -0.39 is 35.7 Å². The van der Waals surface area contributed by atoms with Crippen LogP contribution >= 0.6 is 0 Å². The third-order valence-electron chi connectivity index (χ3n) is 7.59. The number of methoxy groups -OCH3 is 1. The first-order valence-corrected chi connectivity index (χ1v) is 15.1. The standard InChI is InChI=1S/C31H34F4N4O3.C2HF3O2/c1-4-20(40)8-6-5-7-9-27(30-36-17-28(39-30)24-14-19(31(33,34)35)10-12-25(24)32)38-29(41)16-22-18(2)37-26-13-11-21(42-3)15-23(22)26;3-2(4,5)1(6)7/h10-15,17,27,37H,4-9,16H2,1-3H3,(H,36,39)(H,38,41);(H,6,7)/t27-;/m0./s1. The number of carboxylic acids is 1. The van der Waals surface area contributed by atoms with E-state index in [4.69, 9.17) is 14.6 Å². The van der Waals surface area contributed by atoms with E-state index in [9.17, 15) is 40.3 Å². The van der Waals surface area contributed by atoms with E-state index in [1.165, 1.54) is 6.20 Å². The molecule has 2 aromatic heterocycles. The van der Waals surface area contributed by atoms with Gasteiger partial charge in [-0.15, -0.1) is 0 Å². The van der Waals surface area contributed by atoms with Gasteiger partial charge in [-0.25, -0.2) is 14.2 Å². The van der Waals surface area contributed by atoms with Crippen molar-refractivity contribution in [2.45, 2.75) is 77.2 Å². The molecule has 49 heavy (non-hydrogen) atoms. The number of fused-ring (bicyclic) bond motifs is 1. The average Bonchev–Trinajstić information content (AvgIpc) is 3.64. The Labute approximate surface area is 276 Å². The second-order valence-corrected chi connectivity index (χ2v) is 11.1. The summed E-state index contributed by atoms with van der Waals surface area (Å²) in [6.07, 6.45) is -4.83. The summed E-state index contributed by atoms with van der Waals surface area (Å²) in [6, 6.07) is 7.15. The molecule has 16 heteroatoms. The molecule has 0 saturated carbocycles. The van der Waals surface area contributed by atoms with Crippen molar-refractivity contribution in [2.24, 2.45) is 0 Å². The van der Waals surface area contributed by atoms with Crippen LogP contribution in [0.25, 0.3) is 22.2 Å². The largest absolute Gasteiger partial charge is 0.497 e. The number of aliphatic carboxylic acids is 1. The highest BCUT2D eigenvalue weighted by molar-refractivity contribution is 5.91. The summed E-state index contributed by atoms with van der Waals surface area (Å²) in [5, 5.41) is 11.0. The van der Waals surface area contributed by atoms with Crippen molar-refractivity contribution in [3.8, 4) is 17.0 Å². The number of hydrogen-bond donors (Lipinski definition) is 4. The molecule has 0 aliphatic carbocycles. The van der Waals surface area contributed by atoms with Gasteiger partial charge < -0.3 is 25.1 Å². The Morgan fingerprint density at radius 3 is 2.31 bits per heavy atom. The van der Waals surface area contributed by atoms with Crippen LogP contribution in [-0.4, -0.2) is 51.0 Å². The maximum atomic E-state index is 14.6. The number of ketones is 1. The highest BCUT2D eigenvalue weighted by atomic mass is 19.4. The second kappa shape index (κ2) is 16.5. The monoisotopic (exact) mass is 700 g/mol. The number of alkyl halides is 6. The van der Waals surface area contributed by atoms with Gasteiger partial charge in [0.2, 0.25) is 5.91 Å². The highest BCUT2D eigenvalue weighted by Crippen LogP contribution is 2.34. The minimum Gasteiger partial charge on any atom is -0.497 e. The minimum atomic E-state index is -5.08. The predicted molar refractivity (Wildman–Crippen MR) is 165 cm³/mol. The first kappa shape index (κ1) is 38.6. The molecule has 9 nitrogen and oxygen atoms in total. The van der Waals surface area contributed by atoms with Crippen LogP contribution in [0.4, 0.5) is 30.7 Å². The van der Waals surface area contributed by atoms with Crippen molar-refractivity contribution in [3.63, 3.8) is 0 Å². The molecule has 2 aromatic carbocycles. The van der Waals surface area contributed by atoms with Crippen LogP contribution < -0.4 is 10.1 Å². The second-order valence-electron chi connectivity index (χ2n) is 11.1. The number of amides is 1. The van der Waals surface area contributed by atoms with Crippen LogP contribution in [0.1, 0.15) is 74.1 Å². The Morgan fingerprint density at radius 2 is 1.69 bits per heavy atom. The van der Waals surface area contributed by atoms with Crippen LogP contribution in [0.5, 0.6) is 5.75 Å². The molecule has 1 atom stereocenters. The molecule has 0 spiro atoms. The maximum Gasteiger partial charge on any atom is 0.490 e. The molecule has 4 N–H and O–H groups in total. The van der Waals surface area contributed by atoms with Gasteiger partial charge in [-0.3, -0.25) is 9.59 Å². The predicted octanol–water partition coefficient (Wildman–Crippen LogP) is 8.00. The molecule has 0 saturated heterocycles. The third-order valence-corrected chi connectivity index (χ3v) is 7.59. The summed E-state index contributed by atoms with van der Waals surface area (Å²) in [7, 11) is 1.57. The normalized spacial score (nSPS) is 12.3. The molecular weight excluding hydrogens is 665 g/mol. The lowest BCUT2D eigenvalue weighted by Gasteiger charge is -2.17. The number of nitrogens with zero attached hydrogens (tertiary/aromatic N) is 1. The molecule has 0 aliphatic rings. The SMILES string of the molecule is CCC(=O)CCCCC[C@H](NC(=O)Cc1c(C)[nH]c2ccc(OC)cc12)c1ncc(-c2cc(C(F)(F)F)ccc2F)[nH]1.O=C(O)C(F)(F)F. The number of imidazole rings is 1. The zero-order valence-electron chi connectivity index (χ0n) is 26.7. The van der Waals surface area contributed by atoms with Gasteiger partial charge in [0.15, 0.2) is 0 Å². The number of benzene rings is 2. The van der Waals surface area contributed by atoms with Crippen molar-refractivity contribution < 1.29 is 55.0 Å². The Kier molecular flexibility index (Phi) is 13.0. The number of carboxylic acid groups (broad SMARTS) is 1. The molecule has 0 bridgehead atoms. The van der Waals surface area contributed by atoms with Crippen LogP contribution in [-0.2, 0) is 27.0 Å². The molecule has 0 aliphatic heterocycles. The molecule has 1 amide bonds. The summed E-state index contributed by atoms with van der Waals surface area (Å²) in [4.78, 5) is 44.4. The third kappa shape index (κ3) is 10.8. The molecule has 266 valence electrons. The van der Waals surface area contributed by atoms with Crippen molar-refractivity contribution >= 4 is 28.6 Å². The van der Waals surface area contributed by atoms with Crippen molar-refractivity contribution in [1.29, 1.82) is 0 Å². The number of unbranched alkanes of at least 4 members (excludes halogenated alkanes) is 2. The van der Waals surface area contributed by atoms with Gasteiger partial charge in [0.25, 0.3) is 0 Å². The van der Waals surface area contributed by atoms with E-state index in [0.717, 1.165) is 40.7 Å². The number of carbonyl (C=O) groups is 3. The Bertz CT molecular complexity index is 1760. The Hall–Kier alpha value is -4.89. The van der Waals surface area contributed by atoms with Crippen LogP contribution in [0.2, 0.25) is 0 Å². The Morgan fingerprint density at radius 1 is 1.00 bits per heavy atom. The Balaban J connectivity index is 0.000000838. The van der Waals surface area contributed by atoms with Gasteiger partial charge in [-0.2, -0.15) is 26.3 Å². The number of nitrogens with one attached hydrogen (secondary N) is 3. The average molecular weight is 701 g/mol. The van der Waals surface area contributed by atoms with Gasteiger partial charge in [0.05, 0.1) is 37.0 Å². The quantitative estimate of drug-likeness (QED) is 0.0825. The topological polar surface area (TPSA) is 137 Å². The van der Waals surface area contributed by atoms with Crippen molar-refractivity contribution in [3.05, 3.63) is 71.1 Å². The van der Waals surface area contributed by atoms with E-state index in [2.05, 4.69) is 20.3 Å². The van der Waals surface area contributed by atoms with E-state index >= 15 is 0 Å². The van der Waals surface area contributed by atoms with E-state index in [-0.39, 0.29) is 29.4 Å². The molecular formula is C33H35F7N4O5. The highest BCUT2D eigenvalue weighted by Gasteiger charge is 2.38. The molecule has 4 aromatic rings. The molecule has 0 fully saturated rings. The molecule has 0 radical (unpaired) electrons. The summed E-state index contributed by atoms with van der Waals surface area (Å²) < 4.78 is 91.4. The number of rotatable bonds is 13. The number of hydrogen-bond acceptors (Lipinski definition) is 5. The number of aromatic amines is 2. The smallest absolute Gasteiger partial charge is 0.490 e. The zero-order chi connectivity index (χ0) is 36.5.